The number of halogens is 3. The molecule has 36 heavy (non-hydrogen) atoms. The third-order valence-electron chi connectivity index (χ3n) is 5.54. The summed E-state index contributed by atoms with van der Waals surface area (Å²) in [6.45, 7) is 1.16. The van der Waals surface area contributed by atoms with Crippen molar-refractivity contribution in [1.29, 1.82) is 0 Å². The zero-order valence-electron chi connectivity index (χ0n) is 19.5. The highest BCUT2D eigenvalue weighted by molar-refractivity contribution is 5.66. The van der Waals surface area contributed by atoms with Gasteiger partial charge < -0.3 is 18.8 Å². The lowest BCUT2D eigenvalue weighted by Crippen LogP contribution is -2.06. The Morgan fingerprint density at radius 2 is 1.78 bits per heavy atom. The van der Waals surface area contributed by atoms with E-state index in [-0.39, 0.29) is 13.2 Å². The monoisotopic (exact) mass is 497 g/mol. The lowest BCUT2D eigenvalue weighted by atomic mass is 10.1. The topological polar surface area (TPSA) is 73.3 Å². The van der Waals surface area contributed by atoms with Gasteiger partial charge in [-0.15, -0.1) is 0 Å². The minimum absolute atomic E-state index is 0.0908. The Bertz CT molecular complexity index is 1260. The van der Waals surface area contributed by atoms with Crippen LogP contribution in [0.25, 0.3) is 12.2 Å². The smallest absolute Gasteiger partial charge is 0.416 e. The Balaban J connectivity index is 1.23. The van der Waals surface area contributed by atoms with Crippen LogP contribution in [-0.2, 0) is 32.2 Å². The molecule has 2 aromatic carbocycles. The van der Waals surface area contributed by atoms with Crippen LogP contribution >= 0.6 is 0 Å². The quantitative estimate of drug-likeness (QED) is 0.283. The highest BCUT2D eigenvalue weighted by atomic mass is 19.4. The van der Waals surface area contributed by atoms with Crippen molar-refractivity contribution >= 4 is 12.2 Å². The summed E-state index contributed by atoms with van der Waals surface area (Å²) >= 11 is 0. The fourth-order valence-electron chi connectivity index (χ4n) is 3.65. The van der Waals surface area contributed by atoms with Crippen LogP contribution in [-0.4, -0.2) is 26.2 Å². The summed E-state index contributed by atoms with van der Waals surface area (Å²) in [6.07, 6.45) is 6.47. The number of aromatic nitrogens is 3. The molecule has 0 radical (unpaired) electrons. The first-order valence-corrected chi connectivity index (χ1v) is 11.5. The minimum atomic E-state index is -4.35. The average molecular weight is 498 g/mol. The van der Waals surface area contributed by atoms with Gasteiger partial charge in [-0.2, -0.15) is 13.2 Å². The van der Waals surface area contributed by atoms with Gasteiger partial charge in [-0.1, -0.05) is 24.3 Å². The van der Waals surface area contributed by atoms with Gasteiger partial charge in [0.05, 0.1) is 12.2 Å². The van der Waals surface area contributed by atoms with Gasteiger partial charge in [0.25, 0.3) is 0 Å². The number of hydrogen-bond donors (Lipinski definition) is 1. The van der Waals surface area contributed by atoms with Crippen LogP contribution < -0.4 is 4.74 Å². The van der Waals surface area contributed by atoms with Crippen LogP contribution in [0.15, 0.2) is 71.6 Å². The van der Waals surface area contributed by atoms with Gasteiger partial charge in [0.1, 0.15) is 30.1 Å². The molecular weight excluding hydrogens is 471 g/mol. The van der Waals surface area contributed by atoms with Gasteiger partial charge in [0.2, 0.25) is 5.89 Å². The molecule has 0 fully saturated rings. The highest BCUT2D eigenvalue weighted by Crippen LogP contribution is 2.29. The summed E-state index contributed by atoms with van der Waals surface area (Å²) in [5.41, 5.74) is 1.72. The van der Waals surface area contributed by atoms with Gasteiger partial charge in [-0.3, -0.25) is 0 Å². The molecule has 0 aliphatic rings. The Morgan fingerprint density at radius 3 is 2.50 bits per heavy atom. The van der Waals surface area contributed by atoms with Crippen LogP contribution in [0.3, 0.4) is 0 Å². The summed E-state index contributed by atoms with van der Waals surface area (Å²) in [7, 11) is 0. The summed E-state index contributed by atoms with van der Waals surface area (Å²) in [6, 6.07) is 12.7. The Kier molecular flexibility index (Phi) is 8.22. The van der Waals surface area contributed by atoms with Crippen molar-refractivity contribution in [2.75, 3.05) is 6.61 Å². The van der Waals surface area contributed by atoms with Gasteiger partial charge in [0, 0.05) is 31.4 Å². The highest BCUT2D eigenvalue weighted by Gasteiger charge is 2.29. The molecule has 0 unspecified atom stereocenters. The molecule has 6 nitrogen and oxygen atoms in total. The van der Waals surface area contributed by atoms with E-state index in [0.717, 1.165) is 37.3 Å². The number of oxazole rings is 1. The summed E-state index contributed by atoms with van der Waals surface area (Å²) in [5.74, 6) is 1.94. The Morgan fingerprint density at radius 1 is 1.00 bits per heavy atom. The van der Waals surface area contributed by atoms with Gasteiger partial charge >= 0.3 is 6.18 Å². The molecule has 0 aliphatic carbocycles. The SMILES string of the molecule is OCCc1nccn1CCCc1ccc(OCc2coc(/C=C/c3ccc(C(F)(F)F)cc3)n2)cc1. The molecule has 4 rings (SSSR count). The van der Waals surface area contributed by atoms with Crippen molar-refractivity contribution in [3.63, 3.8) is 0 Å². The maximum atomic E-state index is 12.7. The van der Waals surface area contributed by atoms with Crippen molar-refractivity contribution in [3.8, 4) is 5.75 Å². The largest absolute Gasteiger partial charge is 0.487 e. The molecule has 0 amide bonds. The van der Waals surface area contributed by atoms with Crippen molar-refractivity contribution in [1.82, 2.24) is 14.5 Å². The number of aliphatic hydroxyl groups excluding tert-OH is 1. The van der Waals surface area contributed by atoms with Crippen LogP contribution in [0.5, 0.6) is 5.75 Å². The van der Waals surface area contributed by atoms with Gasteiger partial charge in [-0.25, -0.2) is 9.97 Å². The number of rotatable bonds is 11. The molecule has 0 aliphatic heterocycles. The number of ether oxygens (including phenoxy) is 1. The molecule has 188 valence electrons. The van der Waals surface area contributed by atoms with E-state index in [1.807, 2.05) is 30.5 Å². The maximum Gasteiger partial charge on any atom is 0.416 e. The minimum Gasteiger partial charge on any atom is -0.487 e. The third kappa shape index (κ3) is 7.08. The normalized spacial score (nSPS) is 11.9. The second-order valence-corrected chi connectivity index (χ2v) is 8.18. The van der Waals surface area contributed by atoms with E-state index in [9.17, 15) is 13.2 Å². The van der Waals surface area contributed by atoms with E-state index >= 15 is 0 Å². The second kappa shape index (κ2) is 11.7. The summed E-state index contributed by atoms with van der Waals surface area (Å²) < 4.78 is 51.2. The standard InChI is InChI=1S/C27H26F3N3O3/c28-27(29,30)22-8-3-21(4-9-22)7-12-26-32-23(19-36-26)18-35-24-10-5-20(6-11-24)2-1-15-33-16-14-31-25(33)13-17-34/h3-12,14,16,19,34H,1-2,13,15,17-18H2/b12-7+. The van der Waals surface area contributed by atoms with Crippen molar-refractivity contribution in [3.05, 3.63) is 101 Å². The van der Waals surface area contributed by atoms with E-state index in [1.54, 1.807) is 18.3 Å². The van der Waals surface area contributed by atoms with Crippen LogP contribution in [0.2, 0.25) is 0 Å². The predicted octanol–water partition coefficient (Wildman–Crippen LogP) is 5.81. The molecule has 0 saturated carbocycles. The van der Waals surface area contributed by atoms with Crippen molar-refractivity contribution in [2.24, 2.45) is 0 Å². The van der Waals surface area contributed by atoms with Gasteiger partial charge in [0.15, 0.2) is 0 Å². The lowest BCUT2D eigenvalue weighted by Gasteiger charge is -2.08. The van der Waals surface area contributed by atoms with Crippen LogP contribution in [0, 0.1) is 0 Å². The van der Waals surface area contributed by atoms with Crippen molar-refractivity contribution in [2.45, 2.75) is 38.6 Å². The second-order valence-electron chi connectivity index (χ2n) is 8.18. The zero-order valence-corrected chi connectivity index (χ0v) is 19.5. The third-order valence-corrected chi connectivity index (χ3v) is 5.54. The number of aliphatic hydroxyl groups is 1. The molecule has 4 aromatic rings. The van der Waals surface area contributed by atoms with E-state index in [0.29, 0.717) is 29.3 Å². The first kappa shape index (κ1) is 25.2. The molecule has 0 saturated heterocycles. The van der Waals surface area contributed by atoms with E-state index in [1.165, 1.54) is 24.0 Å². The number of alkyl halides is 3. The molecular formula is C27H26F3N3O3. The number of aryl methyl sites for hydroxylation is 2. The van der Waals surface area contributed by atoms with E-state index in [4.69, 9.17) is 14.3 Å². The predicted molar refractivity (Wildman–Crippen MR) is 129 cm³/mol. The average Bonchev–Trinajstić information content (AvgIpc) is 3.52. The van der Waals surface area contributed by atoms with E-state index in [2.05, 4.69) is 14.5 Å². The molecule has 1 N–H and O–H groups in total. The lowest BCUT2D eigenvalue weighted by molar-refractivity contribution is -0.137. The fraction of sp³-hybridized carbons (Fsp3) is 0.259. The fourth-order valence-corrected chi connectivity index (χ4v) is 3.65. The maximum absolute atomic E-state index is 12.7. The Hall–Kier alpha value is -3.85. The zero-order chi connectivity index (χ0) is 25.4. The number of hydrogen-bond acceptors (Lipinski definition) is 5. The molecule has 9 heteroatoms. The van der Waals surface area contributed by atoms with E-state index < -0.39 is 11.7 Å². The Labute approximate surface area is 206 Å². The van der Waals surface area contributed by atoms with Gasteiger partial charge in [-0.05, 0) is 54.3 Å². The summed E-state index contributed by atoms with van der Waals surface area (Å²) in [5, 5.41) is 9.10. The first-order valence-electron chi connectivity index (χ1n) is 11.5. The number of benzene rings is 2. The van der Waals surface area contributed by atoms with Crippen molar-refractivity contribution < 1.29 is 27.4 Å². The molecule has 2 heterocycles. The summed E-state index contributed by atoms with van der Waals surface area (Å²) in [4.78, 5) is 8.58. The molecule has 0 atom stereocenters. The van der Waals surface area contributed by atoms with Crippen LogP contribution in [0.4, 0.5) is 13.2 Å². The molecule has 2 aromatic heterocycles. The van der Waals surface area contributed by atoms with Crippen LogP contribution in [0.1, 0.15) is 40.5 Å². The molecule has 0 spiro atoms. The first-order chi connectivity index (χ1) is 17.4. The molecule has 0 bridgehead atoms. The number of nitrogens with zero attached hydrogens (tertiary/aromatic N) is 3. The number of imidazole rings is 1.